The molecule has 1 saturated heterocycles. The predicted octanol–water partition coefficient (Wildman–Crippen LogP) is 2.88. The lowest BCUT2D eigenvalue weighted by atomic mass is 10.0. The van der Waals surface area contributed by atoms with Gasteiger partial charge in [0.2, 0.25) is 0 Å². The summed E-state index contributed by atoms with van der Waals surface area (Å²) in [6.45, 7) is 4.55. The third kappa shape index (κ3) is 4.22. The average molecular weight is 262 g/mol. The summed E-state index contributed by atoms with van der Waals surface area (Å²) >= 11 is 0. The van der Waals surface area contributed by atoms with Crippen LogP contribution in [0.3, 0.4) is 0 Å². The van der Waals surface area contributed by atoms with Gasteiger partial charge in [0.15, 0.2) is 0 Å². The highest BCUT2D eigenvalue weighted by Gasteiger charge is 2.17. The van der Waals surface area contributed by atoms with Gasteiger partial charge in [-0.1, -0.05) is 19.1 Å². The van der Waals surface area contributed by atoms with Crippen LogP contribution in [0.5, 0.6) is 5.75 Å². The summed E-state index contributed by atoms with van der Waals surface area (Å²) in [6, 6.07) is 9.54. The molecular formula is C16H26N2O. The van der Waals surface area contributed by atoms with E-state index in [0.29, 0.717) is 12.1 Å². The highest BCUT2D eigenvalue weighted by atomic mass is 16.5. The molecule has 1 fully saturated rings. The van der Waals surface area contributed by atoms with Crippen LogP contribution in [-0.4, -0.2) is 26.2 Å². The molecule has 0 aromatic heterocycles. The molecule has 1 aliphatic rings. The van der Waals surface area contributed by atoms with Crippen LogP contribution in [0, 0.1) is 0 Å². The first-order valence-electron chi connectivity index (χ1n) is 7.44. The van der Waals surface area contributed by atoms with E-state index in [9.17, 15) is 0 Å². The van der Waals surface area contributed by atoms with E-state index in [0.717, 1.165) is 25.3 Å². The van der Waals surface area contributed by atoms with Crippen molar-refractivity contribution in [2.24, 2.45) is 0 Å². The third-order valence-electron chi connectivity index (χ3n) is 3.94. The number of nitrogens with one attached hydrogen (secondary N) is 2. The van der Waals surface area contributed by atoms with E-state index in [-0.39, 0.29) is 0 Å². The van der Waals surface area contributed by atoms with Gasteiger partial charge in [-0.25, -0.2) is 0 Å². The Bertz CT molecular complexity index is 356. The second-order valence-corrected chi connectivity index (χ2v) is 5.28. The van der Waals surface area contributed by atoms with Crippen molar-refractivity contribution in [3.8, 4) is 5.75 Å². The van der Waals surface area contributed by atoms with Crippen LogP contribution in [0.4, 0.5) is 0 Å². The van der Waals surface area contributed by atoms with Gasteiger partial charge in [-0.3, -0.25) is 0 Å². The first-order valence-corrected chi connectivity index (χ1v) is 7.44. The molecule has 0 spiro atoms. The van der Waals surface area contributed by atoms with E-state index in [4.69, 9.17) is 4.74 Å². The molecule has 2 rings (SSSR count). The van der Waals surface area contributed by atoms with Crippen molar-refractivity contribution in [2.45, 2.75) is 44.7 Å². The third-order valence-corrected chi connectivity index (χ3v) is 3.94. The van der Waals surface area contributed by atoms with Gasteiger partial charge < -0.3 is 15.4 Å². The summed E-state index contributed by atoms with van der Waals surface area (Å²) in [5.41, 5.74) is 1.36. The molecule has 1 aliphatic heterocycles. The van der Waals surface area contributed by atoms with E-state index in [2.05, 4.69) is 29.7 Å². The van der Waals surface area contributed by atoms with Gasteiger partial charge in [-0.05, 0) is 56.5 Å². The second kappa shape index (κ2) is 7.51. The maximum Gasteiger partial charge on any atom is 0.118 e. The molecule has 0 bridgehead atoms. The summed E-state index contributed by atoms with van der Waals surface area (Å²) in [4.78, 5) is 0. The van der Waals surface area contributed by atoms with E-state index >= 15 is 0 Å². The number of ether oxygens (including phenoxy) is 1. The number of benzene rings is 1. The average Bonchev–Trinajstić information content (AvgIpc) is 2.73. The lowest BCUT2D eigenvalue weighted by Crippen LogP contribution is -2.33. The van der Waals surface area contributed by atoms with Crippen molar-refractivity contribution in [2.75, 3.05) is 20.2 Å². The molecule has 0 saturated carbocycles. The number of hydrogen-bond acceptors (Lipinski definition) is 3. The Kier molecular flexibility index (Phi) is 5.67. The Balaban J connectivity index is 1.97. The molecule has 1 aromatic carbocycles. The summed E-state index contributed by atoms with van der Waals surface area (Å²) in [6.07, 6.45) is 4.90. The summed E-state index contributed by atoms with van der Waals surface area (Å²) in [7, 11) is 1.71. The monoisotopic (exact) mass is 262 g/mol. The van der Waals surface area contributed by atoms with Gasteiger partial charge in [0.1, 0.15) is 5.75 Å². The van der Waals surface area contributed by atoms with Gasteiger partial charge in [0, 0.05) is 12.1 Å². The van der Waals surface area contributed by atoms with Gasteiger partial charge in [0.05, 0.1) is 7.11 Å². The minimum Gasteiger partial charge on any atom is -0.497 e. The molecule has 19 heavy (non-hydrogen) atoms. The fourth-order valence-corrected chi connectivity index (χ4v) is 2.76. The van der Waals surface area contributed by atoms with E-state index in [1.807, 2.05) is 12.1 Å². The van der Waals surface area contributed by atoms with Crippen LogP contribution >= 0.6 is 0 Å². The Morgan fingerprint density at radius 3 is 2.74 bits per heavy atom. The molecule has 3 heteroatoms. The van der Waals surface area contributed by atoms with Crippen molar-refractivity contribution < 1.29 is 4.74 Å². The highest BCUT2D eigenvalue weighted by molar-refractivity contribution is 5.29. The number of hydrogen-bond donors (Lipinski definition) is 2. The zero-order valence-corrected chi connectivity index (χ0v) is 12.1. The summed E-state index contributed by atoms with van der Waals surface area (Å²) in [5.74, 6) is 0.928. The Morgan fingerprint density at radius 1 is 1.26 bits per heavy atom. The van der Waals surface area contributed by atoms with Crippen LogP contribution in [0.2, 0.25) is 0 Å². The number of methoxy groups -OCH3 is 1. The Hall–Kier alpha value is -1.06. The van der Waals surface area contributed by atoms with Crippen molar-refractivity contribution >= 4 is 0 Å². The SMILES string of the molecule is CCC(NC1CCCNCC1)c1ccc(OC)cc1. The smallest absolute Gasteiger partial charge is 0.118 e. The molecule has 3 nitrogen and oxygen atoms in total. The maximum absolute atomic E-state index is 5.22. The van der Waals surface area contributed by atoms with Crippen molar-refractivity contribution in [3.05, 3.63) is 29.8 Å². The van der Waals surface area contributed by atoms with Crippen LogP contribution in [0.1, 0.15) is 44.2 Å². The Morgan fingerprint density at radius 2 is 2.05 bits per heavy atom. The zero-order chi connectivity index (χ0) is 13.5. The molecule has 2 N–H and O–H groups in total. The van der Waals surface area contributed by atoms with Gasteiger partial charge >= 0.3 is 0 Å². The van der Waals surface area contributed by atoms with Crippen LogP contribution in [0.15, 0.2) is 24.3 Å². The normalized spacial score (nSPS) is 21.7. The predicted molar refractivity (Wildman–Crippen MR) is 79.7 cm³/mol. The van der Waals surface area contributed by atoms with Crippen molar-refractivity contribution in [1.29, 1.82) is 0 Å². The van der Waals surface area contributed by atoms with E-state index in [1.165, 1.54) is 24.8 Å². The molecular weight excluding hydrogens is 236 g/mol. The standard InChI is InChI=1S/C16H26N2O/c1-3-16(13-6-8-15(19-2)9-7-13)18-14-5-4-11-17-12-10-14/h6-9,14,16-18H,3-5,10-12H2,1-2H3. The first-order chi connectivity index (χ1) is 9.33. The van der Waals surface area contributed by atoms with E-state index < -0.39 is 0 Å². The molecule has 0 amide bonds. The second-order valence-electron chi connectivity index (χ2n) is 5.28. The van der Waals surface area contributed by atoms with Gasteiger partial charge in [-0.2, -0.15) is 0 Å². The molecule has 1 aromatic rings. The minimum absolute atomic E-state index is 0.453. The molecule has 0 aliphatic carbocycles. The minimum atomic E-state index is 0.453. The number of rotatable bonds is 5. The fraction of sp³-hybridized carbons (Fsp3) is 0.625. The summed E-state index contributed by atoms with van der Waals surface area (Å²) in [5, 5.41) is 7.29. The molecule has 1 heterocycles. The van der Waals surface area contributed by atoms with Gasteiger partial charge in [0.25, 0.3) is 0 Å². The largest absolute Gasteiger partial charge is 0.497 e. The lowest BCUT2D eigenvalue weighted by molar-refractivity contribution is 0.396. The lowest BCUT2D eigenvalue weighted by Gasteiger charge is -2.24. The molecule has 2 atom stereocenters. The molecule has 106 valence electrons. The zero-order valence-electron chi connectivity index (χ0n) is 12.1. The van der Waals surface area contributed by atoms with Crippen LogP contribution in [-0.2, 0) is 0 Å². The van der Waals surface area contributed by atoms with Crippen molar-refractivity contribution in [3.63, 3.8) is 0 Å². The molecule has 2 unspecified atom stereocenters. The Labute approximate surface area is 116 Å². The van der Waals surface area contributed by atoms with E-state index in [1.54, 1.807) is 7.11 Å². The fourth-order valence-electron chi connectivity index (χ4n) is 2.76. The van der Waals surface area contributed by atoms with Crippen LogP contribution in [0.25, 0.3) is 0 Å². The highest BCUT2D eigenvalue weighted by Crippen LogP contribution is 2.22. The first kappa shape index (κ1) is 14.4. The van der Waals surface area contributed by atoms with Gasteiger partial charge in [-0.15, -0.1) is 0 Å². The maximum atomic E-state index is 5.22. The van der Waals surface area contributed by atoms with Crippen LogP contribution < -0.4 is 15.4 Å². The topological polar surface area (TPSA) is 33.3 Å². The van der Waals surface area contributed by atoms with Crippen molar-refractivity contribution in [1.82, 2.24) is 10.6 Å². The molecule has 0 radical (unpaired) electrons. The quantitative estimate of drug-likeness (QED) is 0.856. The summed E-state index contributed by atoms with van der Waals surface area (Å²) < 4.78 is 5.22.